The van der Waals surface area contributed by atoms with Gasteiger partial charge in [-0.25, -0.2) is 9.98 Å². The van der Waals surface area contributed by atoms with Gasteiger partial charge < -0.3 is 5.73 Å². The van der Waals surface area contributed by atoms with Gasteiger partial charge >= 0.3 is 0 Å². The van der Waals surface area contributed by atoms with Gasteiger partial charge in [-0.2, -0.15) is 0 Å². The van der Waals surface area contributed by atoms with Gasteiger partial charge in [-0.15, -0.1) is 0 Å². The molecule has 0 radical (unpaired) electrons. The normalized spacial score (nSPS) is 18.6. The maximum absolute atomic E-state index is 5.92. The molecule has 0 spiro atoms. The lowest BCUT2D eigenvalue weighted by atomic mass is 10.2. The zero-order chi connectivity index (χ0) is 13.1. The summed E-state index contributed by atoms with van der Waals surface area (Å²) in [5.41, 5.74) is 8.05. The van der Waals surface area contributed by atoms with Crippen molar-refractivity contribution in [2.75, 3.05) is 0 Å². The fourth-order valence-electron chi connectivity index (χ4n) is 1.90. The summed E-state index contributed by atoms with van der Waals surface area (Å²) in [6, 6.07) is 20.0. The highest BCUT2D eigenvalue weighted by Crippen LogP contribution is 2.33. The molecule has 4 heteroatoms. The Bertz CT molecular complexity index is 620. The lowest BCUT2D eigenvalue weighted by Crippen LogP contribution is -2.17. The van der Waals surface area contributed by atoms with Crippen LogP contribution in [0, 0.1) is 0 Å². The standard InChI is InChI=1S/C15H13N3S/c16-15-18-13(11-7-3-1-4-8-11)17-14(19-15)12-9-5-2-6-10-12/h1-10,14H,(H2,16,17,18). The Morgan fingerprint density at radius 3 is 2.21 bits per heavy atom. The molecule has 2 aromatic carbocycles. The summed E-state index contributed by atoms with van der Waals surface area (Å²) >= 11 is 1.48. The Morgan fingerprint density at radius 2 is 1.53 bits per heavy atom. The highest BCUT2D eigenvalue weighted by atomic mass is 32.2. The van der Waals surface area contributed by atoms with E-state index in [1.165, 1.54) is 11.8 Å². The molecule has 1 aliphatic heterocycles. The second kappa shape index (κ2) is 5.28. The van der Waals surface area contributed by atoms with Gasteiger partial charge in [0.15, 0.2) is 11.0 Å². The Labute approximate surface area is 116 Å². The Hall–Kier alpha value is -2.07. The fourth-order valence-corrected chi connectivity index (χ4v) is 2.71. The minimum absolute atomic E-state index is 0.0195. The second-order valence-corrected chi connectivity index (χ2v) is 5.25. The van der Waals surface area contributed by atoms with Crippen molar-refractivity contribution in [2.45, 2.75) is 5.37 Å². The summed E-state index contributed by atoms with van der Waals surface area (Å²) in [5, 5.41) is 0.539. The van der Waals surface area contributed by atoms with Crippen molar-refractivity contribution >= 4 is 22.8 Å². The number of amidine groups is 2. The molecular weight excluding hydrogens is 254 g/mol. The van der Waals surface area contributed by atoms with Crippen molar-refractivity contribution in [1.29, 1.82) is 0 Å². The summed E-state index contributed by atoms with van der Waals surface area (Å²) in [6.45, 7) is 0. The summed E-state index contributed by atoms with van der Waals surface area (Å²) in [6.07, 6.45) is 0. The molecule has 0 saturated heterocycles. The van der Waals surface area contributed by atoms with Crippen LogP contribution in [0.4, 0.5) is 0 Å². The monoisotopic (exact) mass is 267 g/mol. The molecular formula is C15H13N3S. The number of thioether (sulfide) groups is 1. The highest BCUT2D eigenvalue weighted by Gasteiger charge is 2.19. The molecule has 3 rings (SSSR count). The lowest BCUT2D eigenvalue weighted by molar-refractivity contribution is 1.03. The van der Waals surface area contributed by atoms with Gasteiger partial charge in [-0.1, -0.05) is 72.4 Å². The number of nitrogens with two attached hydrogens (primary N) is 1. The van der Waals surface area contributed by atoms with Crippen molar-refractivity contribution in [1.82, 2.24) is 0 Å². The molecule has 1 unspecified atom stereocenters. The van der Waals surface area contributed by atoms with E-state index in [1.807, 2.05) is 48.5 Å². The van der Waals surface area contributed by atoms with E-state index in [0.717, 1.165) is 11.1 Å². The number of nitrogens with zero attached hydrogens (tertiary/aromatic N) is 2. The van der Waals surface area contributed by atoms with Crippen LogP contribution in [-0.2, 0) is 0 Å². The van der Waals surface area contributed by atoms with E-state index in [-0.39, 0.29) is 5.37 Å². The highest BCUT2D eigenvalue weighted by molar-refractivity contribution is 8.14. The largest absolute Gasteiger partial charge is 0.378 e. The number of hydrogen-bond acceptors (Lipinski definition) is 4. The molecule has 0 aliphatic carbocycles. The zero-order valence-electron chi connectivity index (χ0n) is 10.2. The Kier molecular flexibility index (Phi) is 3.33. The maximum atomic E-state index is 5.92. The van der Waals surface area contributed by atoms with Crippen molar-refractivity contribution in [3.8, 4) is 0 Å². The van der Waals surface area contributed by atoms with Crippen LogP contribution in [0.25, 0.3) is 0 Å². The molecule has 0 amide bonds. The van der Waals surface area contributed by atoms with Gasteiger partial charge in [0.2, 0.25) is 0 Å². The van der Waals surface area contributed by atoms with E-state index in [0.29, 0.717) is 11.0 Å². The van der Waals surface area contributed by atoms with Crippen molar-refractivity contribution in [3.63, 3.8) is 0 Å². The van der Waals surface area contributed by atoms with Crippen LogP contribution in [0.2, 0.25) is 0 Å². The van der Waals surface area contributed by atoms with Crippen LogP contribution in [-0.4, -0.2) is 11.0 Å². The average molecular weight is 267 g/mol. The number of rotatable bonds is 2. The van der Waals surface area contributed by atoms with Crippen LogP contribution in [0.3, 0.4) is 0 Å². The molecule has 1 heterocycles. The van der Waals surface area contributed by atoms with Crippen LogP contribution in [0.15, 0.2) is 70.6 Å². The lowest BCUT2D eigenvalue weighted by Gasteiger charge is -2.18. The van der Waals surface area contributed by atoms with Gasteiger partial charge in [0.05, 0.1) is 0 Å². The third kappa shape index (κ3) is 2.69. The SMILES string of the molecule is NC1=NC(c2ccccc2)=NC(c2ccccc2)S1. The molecule has 94 valence electrons. The Balaban J connectivity index is 1.98. The molecule has 2 aromatic rings. The van der Waals surface area contributed by atoms with Crippen molar-refractivity contribution < 1.29 is 0 Å². The molecule has 1 atom stereocenters. The first kappa shape index (κ1) is 12.0. The molecule has 0 fully saturated rings. The zero-order valence-corrected chi connectivity index (χ0v) is 11.0. The van der Waals surface area contributed by atoms with E-state index in [4.69, 9.17) is 5.73 Å². The number of aliphatic imine (C=N–C) groups is 2. The first-order chi connectivity index (χ1) is 9.33. The van der Waals surface area contributed by atoms with E-state index in [9.17, 15) is 0 Å². The molecule has 2 N–H and O–H groups in total. The van der Waals surface area contributed by atoms with E-state index in [1.54, 1.807) is 0 Å². The summed E-state index contributed by atoms with van der Waals surface area (Å²) < 4.78 is 0. The fraction of sp³-hybridized carbons (Fsp3) is 0.0667. The summed E-state index contributed by atoms with van der Waals surface area (Å²) in [4.78, 5) is 9.02. The van der Waals surface area contributed by atoms with Gasteiger partial charge in [0.25, 0.3) is 0 Å². The van der Waals surface area contributed by atoms with Gasteiger partial charge in [0.1, 0.15) is 5.37 Å². The summed E-state index contributed by atoms with van der Waals surface area (Å²) in [5.74, 6) is 0.700. The van der Waals surface area contributed by atoms with Crippen LogP contribution >= 0.6 is 11.8 Å². The molecule has 0 aromatic heterocycles. The van der Waals surface area contributed by atoms with Crippen LogP contribution < -0.4 is 5.73 Å². The van der Waals surface area contributed by atoms with E-state index >= 15 is 0 Å². The van der Waals surface area contributed by atoms with E-state index < -0.39 is 0 Å². The minimum atomic E-state index is -0.0195. The molecule has 0 saturated carbocycles. The predicted molar refractivity (Wildman–Crippen MR) is 81.4 cm³/mol. The Morgan fingerprint density at radius 1 is 0.895 bits per heavy atom. The minimum Gasteiger partial charge on any atom is -0.378 e. The van der Waals surface area contributed by atoms with Crippen LogP contribution in [0.1, 0.15) is 16.5 Å². The third-order valence-corrected chi connectivity index (χ3v) is 3.74. The van der Waals surface area contributed by atoms with Gasteiger partial charge in [-0.05, 0) is 5.56 Å². The van der Waals surface area contributed by atoms with E-state index in [2.05, 4.69) is 22.1 Å². The summed E-state index contributed by atoms with van der Waals surface area (Å²) in [7, 11) is 0. The smallest absolute Gasteiger partial charge is 0.163 e. The third-order valence-electron chi connectivity index (χ3n) is 2.80. The maximum Gasteiger partial charge on any atom is 0.163 e. The van der Waals surface area contributed by atoms with Gasteiger partial charge in [-0.3, -0.25) is 0 Å². The topological polar surface area (TPSA) is 50.7 Å². The first-order valence-electron chi connectivity index (χ1n) is 6.02. The van der Waals surface area contributed by atoms with Gasteiger partial charge in [0, 0.05) is 5.56 Å². The first-order valence-corrected chi connectivity index (χ1v) is 6.90. The number of hydrogen-bond donors (Lipinski definition) is 1. The predicted octanol–water partition coefficient (Wildman–Crippen LogP) is 3.19. The molecule has 19 heavy (non-hydrogen) atoms. The van der Waals surface area contributed by atoms with Crippen molar-refractivity contribution in [2.24, 2.45) is 15.7 Å². The second-order valence-electron chi connectivity index (χ2n) is 4.15. The number of benzene rings is 2. The van der Waals surface area contributed by atoms with Crippen LogP contribution in [0.5, 0.6) is 0 Å². The quantitative estimate of drug-likeness (QED) is 0.908. The molecule has 3 nitrogen and oxygen atoms in total. The molecule has 1 aliphatic rings. The molecule has 0 bridgehead atoms. The average Bonchev–Trinajstić information content (AvgIpc) is 2.48. The van der Waals surface area contributed by atoms with Crippen molar-refractivity contribution in [3.05, 3.63) is 71.8 Å².